The predicted molar refractivity (Wildman–Crippen MR) is 72.3 cm³/mol. The number of benzene rings is 1. The lowest BCUT2D eigenvalue weighted by Gasteiger charge is -2.35. The highest BCUT2D eigenvalue weighted by atomic mass is 19.1. The number of nitrogens with zero attached hydrogens (tertiary/aromatic N) is 1. The van der Waals surface area contributed by atoms with Crippen LogP contribution in [0.3, 0.4) is 0 Å². The molecule has 19 heavy (non-hydrogen) atoms. The molecule has 1 saturated carbocycles. The summed E-state index contributed by atoms with van der Waals surface area (Å²) in [7, 11) is 0. The molecule has 0 spiro atoms. The van der Waals surface area contributed by atoms with E-state index >= 15 is 0 Å². The third kappa shape index (κ3) is 2.14. The van der Waals surface area contributed by atoms with Crippen LogP contribution >= 0.6 is 0 Å². The molecule has 3 nitrogen and oxygen atoms in total. The predicted octanol–water partition coefficient (Wildman–Crippen LogP) is 3.37. The number of hydrogen-bond acceptors (Lipinski definition) is 3. The van der Waals surface area contributed by atoms with Crippen LogP contribution in [0.2, 0.25) is 0 Å². The molecule has 3 rings (SSSR count). The van der Waals surface area contributed by atoms with Crippen molar-refractivity contribution in [2.75, 3.05) is 6.54 Å². The Morgan fingerprint density at radius 1 is 1.42 bits per heavy atom. The Labute approximate surface area is 112 Å². The van der Waals surface area contributed by atoms with Crippen molar-refractivity contribution in [3.05, 3.63) is 29.9 Å². The highest BCUT2D eigenvalue weighted by Gasteiger charge is 2.39. The molecule has 0 saturated heterocycles. The van der Waals surface area contributed by atoms with Gasteiger partial charge in [-0.1, -0.05) is 6.92 Å². The molecule has 1 heterocycles. The van der Waals surface area contributed by atoms with Crippen LogP contribution in [0.15, 0.2) is 22.6 Å². The maximum Gasteiger partial charge on any atom is 0.202 e. The lowest BCUT2D eigenvalue weighted by atomic mass is 9.71. The zero-order valence-electron chi connectivity index (χ0n) is 11.2. The Balaban J connectivity index is 2.01. The van der Waals surface area contributed by atoms with E-state index in [-0.39, 0.29) is 11.2 Å². The average Bonchev–Trinajstić information content (AvgIpc) is 2.83. The van der Waals surface area contributed by atoms with Crippen molar-refractivity contribution in [3.8, 4) is 0 Å². The van der Waals surface area contributed by atoms with Crippen molar-refractivity contribution in [1.29, 1.82) is 0 Å². The number of halogens is 1. The minimum Gasteiger partial charge on any atom is -0.440 e. The van der Waals surface area contributed by atoms with Gasteiger partial charge in [0, 0.05) is 12.6 Å². The Morgan fingerprint density at radius 3 is 2.84 bits per heavy atom. The van der Waals surface area contributed by atoms with Gasteiger partial charge in [-0.3, -0.25) is 0 Å². The van der Waals surface area contributed by atoms with Crippen molar-refractivity contribution in [2.45, 2.75) is 38.0 Å². The molecule has 0 radical (unpaired) electrons. The number of oxazole rings is 1. The molecule has 1 aromatic carbocycles. The summed E-state index contributed by atoms with van der Waals surface area (Å²) >= 11 is 0. The van der Waals surface area contributed by atoms with E-state index in [1.54, 1.807) is 6.07 Å². The molecule has 1 aliphatic carbocycles. The Kier molecular flexibility index (Phi) is 3.05. The van der Waals surface area contributed by atoms with Crippen molar-refractivity contribution in [3.63, 3.8) is 0 Å². The van der Waals surface area contributed by atoms with E-state index in [9.17, 15) is 4.39 Å². The van der Waals surface area contributed by atoms with E-state index < -0.39 is 0 Å². The normalized spacial score (nSPS) is 27.8. The highest BCUT2D eigenvalue weighted by Crippen LogP contribution is 2.41. The first-order valence-corrected chi connectivity index (χ1v) is 6.90. The van der Waals surface area contributed by atoms with Crippen molar-refractivity contribution in [1.82, 2.24) is 4.98 Å². The monoisotopic (exact) mass is 262 g/mol. The summed E-state index contributed by atoms with van der Waals surface area (Å²) < 4.78 is 19.0. The van der Waals surface area contributed by atoms with Gasteiger partial charge < -0.3 is 10.2 Å². The van der Waals surface area contributed by atoms with Crippen LogP contribution in [0.25, 0.3) is 11.1 Å². The summed E-state index contributed by atoms with van der Waals surface area (Å²) in [6.07, 6.45) is 4.29. The average molecular weight is 262 g/mol. The number of hydrogen-bond donors (Lipinski definition) is 1. The summed E-state index contributed by atoms with van der Waals surface area (Å²) in [5.41, 5.74) is 7.05. The summed E-state index contributed by atoms with van der Waals surface area (Å²) in [5, 5.41) is 0. The van der Waals surface area contributed by atoms with Gasteiger partial charge in [-0.2, -0.15) is 0 Å². The molecule has 0 bridgehead atoms. The lowest BCUT2D eigenvalue weighted by Crippen LogP contribution is -2.38. The zero-order chi connectivity index (χ0) is 13.5. The van der Waals surface area contributed by atoms with Crippen LogP contribution in [0.5, 0.6) is 0 Å². The van der Waals surface area contributed by atoms with Crippen molar-refractivity contribution < 1.29 is 8.81 Å². The van der Waals surface area contributed by atoms with Gasteiger partial charge >= 0.3 is 0 Å². The first-order chi connectivity index (χ1) is 9.13. The molecular formula is C15H19FN2O. The molecule has 0 unspecified atom stereocenters. The van der Waals surface area contributed by atoms with Crippen LogP contribution in [-0.4, -0.2) is 11.5 Å². The van der Waals surface area contributed by atoms with Crippen molar-refractivity contribution in [2.24, 2.45) is 11.7 Å². The van der Waals surface area contributed by atoms with Gasteiger partial charge in [0.25, 0.3) is 0 Å². The molecule has 4 heteroatoms. The van der Waals surface area contributed by atoms with Crippen LogP contribution in [0, 0.1) is 11.7 Å². The van der Waals surface area contributed by atoms with Gasteiger partial charge in [-0.15, -0.1) is 0 Å². The molecule has 102 valence electrons. The van der Waals surface area contributed by atoms with E-state index in [4.69, 9.17) is 10.2 Å². The molecule has 0 atom stereocenters. The fourth-order valence-corrected chi connectivity index (χ4v) is 2.95. The van der Waals surface area contributed by atoms with Crippen LogP contribution < -0.4 is 5.73 Å². The number of rotatable bonds is 2. The Hall–Kier alpha value is -1.42. The first kappa shape index (κ1) is 12.6. The third-order valence-electron chi connectivity index (χ3n) is 4.43. The Morgan fingerprint density at radius 2 is 2.16 bits per heavy atom. The largest absolute Gasteiger partial charge is 0.440 e. The quantitative estimate of drug-likeness (QED) is 0.902. The van der Waals surface area contributed by atoms with E-state index in [0.717, 1.165) is 31.6 Å². The molecular weight excluding hydrogens is 243 g/mol. The van der Waals surface area contributed by atoms with Crippen molar-refractivity contribution >= 4 is 11.1 Å². The van der Waals surface area contributed by atoms with Crippen LogP contribution in [0.4, 0.5) is 4.39 Å². The summed E-state index contributed by atoms with van der Waals surface area (Å²) in [4.78, 5) is 4.53. The fourth-order valence-electron chi connectivity index (χ4n) is 2.95. The van der Waals surface area contributed by atoms with Crippen LogP contribution in [0.1, 0.15) is 38.5 Å². The maximum atomic E-state index is 13.2. The third-order valence-corrected chi connectivity index (χ3v) is 4.43. The topological polar surface area (TPSA) is 52.0 Å². The molecule has 2 N–H and O–H groups in total. The van der Waals surface area contributed by atoms with E-state index in [0.29, 0.717) is 23.5 Å². The van der Waals surface area contributed by atoms with Gasteiger partial charge in [-0.25, -0.2) is 9.37 Å². The molecule has 1 aliphatic rings. The zero-order valence-corrected chi connectivity index (χ0v) is 11.2. The molecule has 2 aromatic rings. The van der Waals surface area contributed by atoms with E-state index in [1.807, 2.05) is 0 Å². The minimum atomic E-state index is -0.297. The summed E-state index contributed by atoms with van der Waals surface area (Å²) in [6, 6.07) is 4.46. The maximum absolute atomic E-state index is 13.2. The summed E-state index contributed by atoms with van der Waals surface area (Å²) in [6.45, 7) is 2.80. The van der Waals surface area contributed by atoms with Gasteiger partial charge in [0.1, 0.15) is 11.3 Å². The smallest absolute Gasteiger partial charge is 0.202 e. The van der Waals surface area contributed by atoms with Gasteiger partial charge in [0.05, 0.1) is 5.41 Å². The van der Waals surface area contributed by atoms with Gasteiger partial charge in [-0.05, 0) is 43.7 Å². The van der Waals surface area contributed by atoms with Gasteiger partial charge in [0.2, 0.25) is 5.89 Å². The van der Waals surface area contributed by atoms with Crippen LogP contribution in [-0.2, 0) is 5.41 Å². The minimum absolute atomic E-state index is 0.165. The lowest BCUT2D eigenvalue weighted by molar-refractivity contribution is 0.210. The van der Waals surface area contributed by atoms with Gasteiger partial charge in [0.15, 0.2) is 5.58 Å². The fraction of sp³-hybridized carbons (Fsp3) is 0.533. The molecule has 1 aromatic heterocycles. The van der Waals surface area contributed by atoms with E-state index in [2.05, 4.69) is 11.9 Å². The van der Waals surface area contributed by atoms with E-state index in [1.165, 1.54) is 12.1 Å². The number of fused-ring (bicyclic) bond motifs is 1. The summed E-state index contributed by atoms with van der Waals surface area (Å²) in [5.74, 6) is 1.12. The Bertz CT molecular complexity index is 585. The molecule has 0 aliphatic heterocycles. The second-order valence-corrected chi connectivity index (χ2v) is 5.80. The second kappa shape index (κ2) is 4.60. The number of aromatic nitrogens is 1. The SMILES string of the molecule is CC1CCC(CN)(c2nc3ccc(F)cc3o2)CC1. The number of nitrogens with two attached hydrogens (primary N) is 1. The highest BCUT2D eigenvalue weighted by molar-refractivity contribution is 5.72. The molecule has 0 amide bonds. The standard InChI is InChI=1S/C15H19FN2O/c1-10-4-6-15(9-17,7-5-10)14-18-12-3-2-11(16)8-13(12)19-14/h2-3,8,10H,4-7,9,17H2,1H3. The first-order valence-electron chi connectivity index (χ1n) is 6.90. The molecule has 1 fully saturated rings. The second-order valence-electron chi connectivity index (χ2n) is 5.80.